The number of hydrogen-bond acceptors (Lipinski definition) is 4. The van der Waals surface area contributed by atoms with Crippen LogP contribution in [0.1, 0.15) is 41.6 Å². The Morgan fingerprint density at radius 1 is 1.19 bits per heavy atom. The minimum absolute atomic E-state index is 0.0672. The Morgan fingerprint density at radius 3 is 2.68 bits per heavy atom. The monoisotopic (exact) mass is 425 g/mol. The normalized spacial score (nSPS) is 20.4. The lowest BCUT2D eigenvalue weighted by Crippen LogP contribution is -2.52. The van der Waals surface area contributed by atoms with Crippen LogP contribution in [0.3, 0.4) is 0 Å². The predicted octanol–water partition coefficient (Wildman–Crippen LogP) is 2.98. The van der Waals surface area contributed by atoms with Gasteiger partial charge in [0.2, 0.25) is 5.91 Å². The largest absolute Gasteiger partial charge is 0.375 e. The van der Waals surface area contributed by atoms with Crippen LogP contribution in [0, 0.1) is 11.7 Å². The van der Waals surface area contributed by atoms with Crippen LogP contribution in [0.2, 0.25) is 0 Å². The van der Waals surface area contributed by atoms with Gasteiger partial charge in [-0.1, -0.05) is 12.1 Å². The van der Waals surface area contributed by atoms with Gasteiger partial charge in [-0.25, -0.2) is 4.39 Å². The second kappa shape index (κ2) is 9.56. The summed E-state index contributed by atoms with van der Waals surface area (Å²) in [7, 11) is 0. The van der Waals surface area contributed by atoms with Crippen molar-refractivity contribution in [3.63, 3.8) is 0 Å². The maximum Gasteiger partial charge on any atom is 0.252 e. The number of carbonyl (C=O) groups excluding carboxylic acids is 2. The number of pyridine rings is 1. The highest BCUT2D eigenvalue weighted by Crippen LogP contribution is 2.37. The van der Waals surface area contributed by atoms with E-state index in [0.717, 1.165) is 31.2 Å². The van der Waals surface area contributed by atoms with Crippen LogP contribution in [0.25, 0.3) is 0 Å². The van der Waals surface area contributed by atoms with Crippen LogP contribution in [0.15, 0.2) is 48.8 Å². The SMILES string of the molecule is O=C(NCC1CCOC2(CCN(C(=O)Cc3ccc(F)cc3)CC2)C1)c1cccnc1. The first kappa shape index (κ1) is 21.4. The molecule has 1 atom stereocenters. The fourth-order valence-corrected chi connectivity index (χ4v) is 4.54. The average molecular weight is 426 g/mol. The first-order chi connectivity index (χ1) is 15.0. The number of piperidine rings is 1. The molecule has 2 aromatic rings. The lowest BCUT2D eigenvalue weighted by Gasteiger charge is -2.46. The molecule has 7 heteroatoms. The molecule has 0 aliphatic carbocycles. The van der Waals surface area contributed by atoms with Gasteiger partial charge in [-0.3, -0.25) is 14.6 Å². The Bertz CT molecular complexity index is 896. The fraction of sp³-hybridized carbons (Fsp3) is 0.458. The molecule has 1 spiro atoms. The number of aromatic nitrogens is 1. The predicted molar refractivity (Wildman–Crippen MR) is 114 cm³/mol. The summed E-state index contributed by atoms with van der Waals surface area (Å²) < 4.78 is 19.2. The number of nitrogens with zero attached hydrogens (tertiary/aromatic N) is 2. The molecule has 2 fully saturated rings. The van der Waals surface area contributed by atoms with Gasteiger partial charge in [-0.05, 0) is 61.4 Å². The molecule has 0 bridgehead atoms. The third kappa shape index (κ3) is 5.47. The van der Waals surface area contributed by atoms with E-state index in [1.54, 1.807) is 36.7 Å². The zero-order valence-electron chi connectivity index (χ0n) is 17.6. The number of ether oxygens (including phenoxy) is 1. The van der Waals surface area contributed by atoms with E-state index in [9.17, 15) is 14.0 Å². The van der Waals surface area contributed by atoms with E-state index in [4.69, 9.17) is 4.74 Å². The minimum Gasteiger partial charge on any atom is -0.375 e. The summed E-state index contributed by atoms with van der Waals surface area (Å²) in [5.41, 5.74) is 1.18. The van der Waals surface area contributed by atoms with Gasteiger partial charge >= 0.3 is 0 Å². The quantitative estimate of drug-likeness (QED) is 0.800. The topological polar surface area (TPSA) is 71.5 Å². The molecule has 1 unspecified atom stereocenters. The summed E-state index contributed by atoms with van der Waals surface area (Å²) in [5, 5.41) is 3.02. The number of rotatable bonds is 5. The van der Waals surface area contributed by atoms with E-state index in [-0.39, 0.29) is 29.7 Å². The number of likely N-dealkylation sites (tertiary alicyclic amines) is 1. The fourth-order valence-electron chi connectivity index (χ4n) is 4.54. The number of benzene rings is 1. The maximum absolute atomic E-state index is 13.1. The molecule has 0 saturated carbocycles. The standard InChI is InChI=1S/C24H28FN3O3/c25-21-5-3-18(4-6-21)14-22(29)28-11-8-24(9-12-28)15-19(7-13-31-24)16-27-23(30)20-2-1-10-26-17-20/h1-6,10,17,19H,7-9,11-16H2,(H,27,30). The molecule has 164 valence electrons. The number of nitrogens with one attached hydrogen (secondary N) is 1. The van der Waals surface area contributed by atoms with Gasteiger partial charge in [0.1, 0.15) is 5.82 Å². The Balaban J connectivity index is 1.26. The van der Waals surface area contributed by atoms with Crippen molar-refractivity contribution < 1.29 is 18.7 Å². The molecule has 2 aliphatic heterocycles. The van der Waals surface area contributed by atoms with Crippen LogP contribution in [-0.4, -0.2) is 53.5 Å². The van der Waals surface area contributed by atoms with E-state index >= 15 is 0 Å². The van der Waals surface area contributed by atoms with Crippen LogP contribution >= 0.6 is 0 Å². The van der Waals surface area contributed by atoms with E-state index < -0.39 is 0 Å². The number of amides is 2. The third-order valence-electron chi connectivity index (χ3n) is 6.37. The molecule has 3 heterocycles. The minimum atomic E-state index is -0.295. The highest BCUT2D eigenvalue weighted by atomic mass is 19.1. The van der Waals surface area contributed by atoms with Crippen LogP contribution in [0.4, 0.5) is 4.39 Å². The molecular weight excluding hydrogens is 397 g/mol. The van der Waals surface area contributed by atoms with Gasteiger partial charge < -0.3 is 15.0 Å². The first-order valence-electron chi connectivity index (χ1n) is 10.9. The summed E-state index contributed by atoms with van der Waals surface area (Å²) >= 11 is 0. The molecule has 2 aliphatic rings. The number of carbonyl (C=O) groups is 2. The molecule has 6 nitrogen and oxygen atoms in total. The number of halogens is 1. The van der Waals surface area contributed by atoms with Gasteiger partial charge in [0.05, 0.1) is 17.6 Å². The highest BCUT2D eigenvalue weighted by Gasteiger charge is 2.41. The smallest absolute Gasteiger partial charge is 0.252 e. The Labute approximate surface area is 181 Å². The molecule has 2 amide bonds. The van der Waals surface area contributed by atoms with E-state index in [2.05, 4.69) is 10.3 Å². The molecule has 31 heavy (non-hydrogen) atoms. The lowest BCUT2D eigenvalue weighted by molar-refractivity contribution is -0.146. The summed E-state index contributed by atoms with van der Waals surface area (Å²) in [6.45, 7) is 2.62. The second-order valence-corrected chi connectivity index (χ2v) is 8.53. The lowest BCUT2D eigenvalue weighted by atomic mass is 9.79. The van der Waals surface area contributed by atoms with Gasteiger partial charge in [0.15, 0.2) is 0 Å². The molecule has 1 N–H and O–H groups in total. The maximum atomic E-state index is 13.1. The van der Waals surface area contributed by atoms with Crippen molar-refractivity contribution in [2.75, 3.05) is 26.2 Å². The zero-order valence-corrected chi connectivity index (χ0v) is 17.6. The Kier molecular flexibility index (Phi) is 6.61. The van der Waals surface area contributed by atoms with Crippen molar-refractivity contribution in [1.29, 1.82) is 0 Å². The van der Waals surface area contributed by atoms with Gasteiger partial charge in [-0.15, -0.1) is 0 Å². The zero-order chi connectivity index (χ0) is 21.7. The van der Waals surface area contributed by atoms with Crippen molar-refractivity contribution in [2.45, 2.75) is 37.7 Å². The summed E-state index contributed by atoms with van der Waals surface area (Å²) in [5.74, 6) is 0.0278. The molecular formula is C24H28FN3O3. The van der Waals surface area contributed by atoms with Gasteiger partial charge in [0.25, 0.3) is 5.91 Å². The van der Waals surface area contributed by atoms with Crippen LogP contribution < -0.4 is 5.32 Å². The van der Waals surface area contributed by atoms with E-state index in [1.807, 2.05) is 4.90 Å². The van der Waals surface area contributed by atoms with E-state index in [0.29, 0.717) is 37.7 Å². The van der Waals surface area contributed by atoms with Crippen molar-refractivity contribution >= 4 is 11.8 Å². The van der Waals surface area contributed by atoms with E-state index in [1.165, 1.54) is 12.1 Å². The molecule has 4 rings (SSSR count). The molecule has 1 aromatic carbocycles. The van der Waals surface area contributed by atoms with Crippen LogP contribution in [-0.2, 0) is 16.0 Å². The van der Waals surface area contributed by atoms with Crippen molar-refractivity contribution in [3.05, 3.63) is 65.7 Å². The molecule has 2 saturated heterocycles. The summed E-state index contributed by atoms with van der Waals surface area (Å²) in [4.78, 5) is 30.8. The van der Waals surface area contributed by atoms with Crippen molar-refractivity contribution in [3.8, 4) is 0 Å². The average Bonchev–Trinajstić information content (AvgIpc) is 2.80. The summed E-state index contributed by atoms with van der Waals surface area (Å²) in [6, 6.07) is 9.60. The van der Waals surface area contributed by atoms with Crippen molar-refractivity contribution in [1.82, 2.24) is 15.2 Å². The molecule has 0 radical (unpaired) electrons. The second-order valence-electron chi connectivity index (χ2n) is 8.53. The highest BCUT2D eigenvalue weighted by molar-refractivity contribution is 5.93. The Hall–Kier alpha value is -2.80. The first-order valence-corrected chi connectivity index (χ1v) is 10.9. The van der Waals surface area contributed by atoms with Gasteiger partial charge in [0, 0.05) is 38.6 Å². The third-order valence-corrected chi connectivity index (χ3v) is 6.37. The number of hydrogen-bond donors (Lipinski definition) is 1. The Morgan fingerprint density at radius 2 is 1.97 bits per heavy atom. The van der Waals surface area contributed by atoms with Gasteiger partial charge in [-0.2, -0.15) is 0 Å². The van der Waals surface area contributed by atoms with Crippen molar-refractivity contribution in [2.24, 2.45) is 5.92 Å². The molecule has 1 aromatic heterocycles. The summed E-state index contributed by atoms with van der Waals surface area (Å²) in [6.07, 6.45) is 6.92. The van der Waals surface area contributed by atoms with Crippen LogP contribution in [0.5, 0.6) is 0 Å².